The van der Waals surface area contributed by atoms with E-state index in [1.165, 1.54) is 0 Å². The number of alkyl halides is 1. The molecule has 2 rings (SSSR count). The quantitative estimate of drug-likeness (QED) is 0.302. The molecular formula is C20H25BrO10S. The molecule has 32 heavy (non-hydrogen) atoms. The fourth-order valence-electron chi connectivity index (χ4n) is 3.51. The largest absolute Gasteiger partial charge is 0.386 e. The molecule has 1 fully saturated rings. The highest BCUT2D eigenvalue weighted by Crippen LogP contribution is 2.44. The Hall–Kier alpha value is -1.54. The Balaban J connectivity index is 2.54. The maximum atomic E-state index is 12.7. The zero-order chi connectivity index (χ0) is 24.6. The first-order valence-electron chi connectivity index (χ1n) is 9.52. The average molecular weight is 537 g/mol. The van der Waals surface area contributed by atoms with E-state index in [-0.39, 0.29) is 0 Å². The van der Waals surface area contributed by atoms with Crippen LogP contribution in [0.15, 0.2) is 24.3 Å². The second-order valence-corrected chi connectivity index (χ2v) is 10.3. The Morgan fingerprint density at radius 1 is 1.12 bits per heavy atom. The molecule has 1 aliphatic rings. The molecule has 1 aliphatic heterocycles. The van der Waals surface area contributed by atoms with E-state index < -0.39 is 67.7 Å². The number of aliphatic hydroxyl groups excluding tert-OH is 1. The molecule has 0 radical (unpaired) electrons. The summed E-state index contributed by atoms with van der Waals surface area (Å²) in [6.07, 6.45) is -6.05. The minimum Gasteiger partial charge on any atom is -0.386 e. The first-order chi connectivity index (χ1) is 14.6. The van der Waals surface area contributed by atoms with Crippen LogP contribution < -0.4 is 0 Å². The van der Waals surface area contributed by atoms with Crippen LogP contribution in [0.1, 0.15) is 31.9 Å². The van der Waals surface area contributed by atoms with E-state index in [2.05, 4.69) is 15.9 Å². The number of aryl methyl sites for hydroxylation is 1. The summed E-state index contributed by atoms with van der Waals surface area (Å²) in [7, 11) is -4.49. The Bertz CT molecular complexity index is 1010. The number of benzene rings is 1. The smallest absolute Gasteiger partial charge is 0.272 e. The Kier molecular flexibility index (Phi) is 7.82. The van der Waals surface area contributed by atoms with Crippen LogP contribution in [-0.4, -0.2) is 75.6 Å². The Labute approximate surface area is 193 Å². The van der Waals surface area contributed by atoms with Gasteiger partial charge in [0.05, 0.1) is 0 Å². The zero-order valence-corrected chi connectivity index (χ0v) is 20.2. The number of halogens is 1. The number of ketones is 3. The third kappa shape index (κ3) is 4.72. The molecule has 12 heteroatoms. The second kappa shape index (κ2) is 9.37. The molecule has 0 spiro atoms. The van der Waals surface area contributed by atoms with Gasteiger partial charge in [0.2, 0.25) is 0 Å². The van der Waals surface area contributed by atoms with Crippen molar-refractivity contribution in [1.82, 2.24) is 0 Å². The minimum atomic E-state index is -4.49. The zero-order valence-electron chi connectivity index (χ0n) is 17.8. The summed E-state index contributed by atoms with van der Waals surface area (Å²) >= 11 is 2.92. The van der Waals surface area contributed by atoms with Crippen molar-refractivity contribution < 1.29 is 47.0 Å². The van der Waals surface area contributed by atoms with Crippen molar-refractivity contribution in [2.75, 3.05) is 0 Å². The molecule has 0 aromatic heterocycles. The van der Waals surface area contributed by atoms with Crippen molar-refractivity contribution in [2.45, 2.75) is 68.0 Å². The van der Waals surface area contributed by atoms with Crippen molar-refractivity contribution >= 4 is 43.4 Å². The molecule has 6 atom stereocenters. The molecule has 1 aromatic carbocycles. The summed E-state index contributed by atoms with van der Waals surface area (Å²) in [5.41, 5.74) is -5.21. The number of hydrogen-bond acceptors (Lipinski definition) is 10. The van der Waals surface area contributed by atoms with Crippen LogP contribution in [0.4, 0.5) is 0 Å². The van der Waals surface area contributed by atoms with E-state index in [9.17, 15) is 38.1 Å². The molecule has 178 valence electrons. The lowest BCUT2D eigenvalue weighted by molar-refractivity contribution is -0.266. The van der Waals surface area contributed by atoms with Crippen molar-refractivity contribution in [3.8, 4) is 0 Å². The van der Waals surface area contributed by atoms with E-state index >= 15 is 0 Å². The van der Waals surface area contributed by atoms with Crippen molar-refractivity contribution in [1.29, 1.82) is 0 Å². The standard InChI is InChI=1S/C20H25BrO10S/c1-10-5-7-14(8-6-10)9-32(28,29)31-17-18(21)30-16(15(25)11(2)22)19(26,12(3)23)20(17,27)13(4)24/h5-8,11,16-18,22,26-27H,9H2,1-4H3/t11?,16-,17+,18?,19-,20-/m1/s1. The van der Waals surface area contributed by atoms with Gasteiger partial charge in [-0.15, -0.1) is 0 Å². The molecule has 1 aromatic rings. The number of hydrogen-bond donors (Lipinski definition) is 3. The van der Waals surface area contributed by atoms with Gasteiger partial charge in [0.1, 0.15) is 16.9 Å². The summed E-state index contributed by atoms with van der Waals surface area (Å²) in [5.74, 6) is -4.36. The molecule has 1 saturated heterocycles. The predicted octanol–water partition coefficient (Wildman–Crippen LogP) is -0.0801. The topological polar surface area (TPSA) is 164 Å². The van der Waals surface area contributed by atoms with Gasteiger partial charge in [0, 0.05) is 0 Å². The van der Waals surface area contributed by atoms with Crippen molar-refractivity contribution in [2.24, 2.45) is 0 Å². The lowest BCUT2D eigenvalue weighted by Gasteiger charge is -2.52. The van der Waals surface area contributed by atoms with E-state index in [0.717, 1.165) is 26.3 Å². The van der Waals surface area contributed by atoms with E-state index in [1.807, 2.05) is 6.92 Å². The van der Waals surface area contributed by atoms with Gasteiger partial charge in [-0.05, 0) is 33.3 Å². The summed E-state index contributed by atoms with van der Waals surface area (Å²) in [4.78, 5) is 37.4. The van der Waals surface area contributed by atoms with Gasteiger partial charge in [-0.3, -0.25) is 18.6 Å². The van der Waals surface area contributed by atoms with E-state index in [4.69, 9.17) is 8.92 Å². The first kappa shape index (κ1) is 26.7. The molecule has 1 heterocycles. The number of ether oxygens (including phenoxy) is 1. The van der Waals surface area contributed by atoms with Gasteiger partial charge in [-0.2, -0.15) is 8.42 Å². The summed E-state index contributed by atoms with van der Waals surface area (Å²) in [6, 6.07) is 6.43. The molecule has 3 N–H and O–H groups in total. The highest BCUT2D eigenvalue weighted by molar-refractivity contribution is 9.09. The molecule has 0 amide bonds. The fraction of sp³-hybridized carbons (Fsp3) is 0.550. The lowest BCUT2D eigenvalue weighted by atomic mass is 9.67. The molecule has 0 aliphatic carbocycles. The second-order valence-electron chi connectivity index (χ2n) is 7.80. The Morgan fingerprint density at radius 2 is 1.62 bits per heavy atom. The molecule has 0 saturated carbocycles. The van der Waals surface area contributed by atoms with Crippen LogP contribution in [0.3, 0.4) is 0 Å². The summed E-state index contributed by atoms with van der Waals surface area (Å²) in [5, 5.41) is 30.5. The number of aliphatic hydroxyl groups is 3. The average Bonchev–Trinajstić information content (AvgIpc) is 2.68. The van der Waals surface area contributed by atoms with Crippen LogP contribution in [0.25, 0.3) is 0 Å². The molecule has 2 unspecified atom stereocenters. The van der Waals surface area contributed by atoms with Gasteiger partial charge in [0.25, 0.3) is 10.1 Å². The highest BCUT2D eigenvalue weighted by Gasteiger charge is 2.72. The van der Waals surface area contributed by atoms with Gasteiger partial charge >= 0.3 is 0 Å². The van der Waals surface area contributed by atoms with Crippen LogP contribution in [0, 0.1) is 6.92 Å². The van der Waals surface area contributed by atoms with Crippen LogP contribution >= 0.6 is 15.9 Å². The Morgan fingerprint density at radius 3 is 2.06 bits per heavy atom. The number of carbonyl (C=O) groups excluding carboxylic acids is 3. The third-order valence-electron chi connectivity index (χ3n) is 5.33. The molecular weight excluding hydrogens is 512 g/mol. The fourth-order valence-corrected chi connectivity index (χ4v) is 5.59. The summed E-state index contributed by atoms with van der Waals surface area (Å²) in [6.45, 7) is 4.43. The van der Waals surface area contributed by atoms with Crippen molar-refractivity contribution in [3.05, 3.63) is 35.4 Å². The number of carbonyl (C=O) groups is 3. The normalized spacial score (nSPS) is 31.7. The minimum absolute atomic E-state index is 0.341. The number of Topliss-reactive ketones (excluding diaryl/α,β-unsaturated/α-hetero) is 3. The van der Waals surface area contributed by atoms with Gasteiger partial charge < -0.3 is 20.1 Å². The SMILES string of the molecule is CC(=O)[C@@]1(O)[C@@H](C(=O)C(C)O)OC(Br)[C@H](OS(=O)(=O)Cc2ccc(C)cc2)[C@]1(O)C(C)=O. The third-order valence-corrected chi connectivity index (χ3v) is 7.22. The van der Waals surface area contributed by atoms with Crippen LogP contribution in [0.5, 0.6) is 0 Å². The predicted molar refractivity (Wildman–Crippen MR) is 114 cm³/mol. The van der Waals surface area contributed by atoms with Crippen LogP contribution in [-0.2, 0) is 39.2 Å². The van der Waals surface area contributed by atoms with E-state index in [1.54, 1.807) is 24.3 Å². The highest BCUT2D eigenvalue weighted by atomic mass is 79.9. The maximum absolute atomic E-state index is 12.7. The van der Waals surface area contributed by atoms with Crippen molar-refractivity contribution in [3.63, 3.8) is 0 Å². The molecule has 0 bridgehead atoms. The number of rotatable bonds is 8. The van der Waals surface area contributed by atoms with Crippen LogP contribution in [0.2, 0.25) is 0 Å². The van der Waals surface area contributed by atoms with Gasteiger partial charge in [-0.25, -0.2) is 0 Å². The van der Waals surface area contributed by atoms with Gasteiger partial charge in [0.15, 0.2) is 40.8 Å². The monoisotopic (exact) mass is 536 g/mol. The first-order valence-corrected chi connectivity index (χ1v) is 12.0. The molecule has 10 nitrogen and oxygen atoms in total. The lowest BCUT2D eigenvalue weighted by Crippen LogP contribution is -2.80. The maximum Gasteiger partial charge on any atom is 0.272 e. The summed E-state index contributed by atoms with van der Waals surface area (Å²) < 4.78 is 35.8. The van der Waals surface area contributed by atoms with Gasteiger partial charge in [-0.1, -0.05) is 45.8 Å². The van der Waals surface area contributed by atoms with E-state index in [0.29, 0.717) is 5.56 Å².